The zero-order valence-corrected chi connectivity index (χ0v) is 8.61. The third-order valence-electron chi connectivity index (χ3n) is 1.36. The molecule has 0 saturated heterocycles. The lowest BCUT2D eigenvalue weighted by atomic mass is 9.93. The molecule has 0 atom stereocenters. The molecule has 0 bridgehead atoms. The van der Waals surface area contributed by atoms with Gasteiger partial charge in [-0.15, -0.1) is 21.5 Å². The molecule has 12 heavy (non-hydrogen) atoms. The van der Waals surface area contributed by atoms with Crippen molar-refractivity contribution < 1.29 is 0 Å². The minimum absolute atomic E-state index is 0.283. The van der Waals surface area contributed by atoms with Gasteiger partial charge < -0.3 is 5.73 Å². The van der Waals surface area contributed by atoms with Gasteiger partial charge in [-0.25, -0.2) is 0 Å². The molecule has 1 heterocycles. The lowest BCUT2D eigenvalue weighted by molar-refractivity contribution is 0.409. The number of nitrogens with zero attached hydrogens (tertiary/aromatic N) is 2. The van der Waals surface area contributed by atoms with Gasteiger partial charge in [-0.3, -0.25) is 0 Å². The zero-order chi connectivity index (χ0) is 9.19. The molecule has 2 N–H and O–H groups in total. The molecule has 0 aliphatic carbocycles. The highest BCUT2D eigenvalue weighted by atomic mass is 32.1. The van der Waals surface area contributed by atoms with Crippen molar-refractivity contribution in [2.24, 2.45) is 11.1 Å². The molecule has 0 aliphatic rings. The smallest absolute Gasteiger partial charge is 0.131 e. The predicted molar refractivity (Wildman–Crippen MR) is 51.0 cm³/mol. The maximum absolute atomic E-state index is 5.43. The van der Waals surface area contributed by atoms with Crippen LogP contribution in [-0.2, 0) is 13.0 Å². The summed E-state index contributed by atoms with van der Waals surface area (Å²) in [7, 11) is 0. The standard InChI is InChI=1S/C8H15N3S/c1-8(2,3)4-6-10-11-7(5-9)12-6/h4-5,9H2,1-3H3. The van der Waals surface area contributed by atoms with Crippen LogP contribution in [-0.4, -0.2) is 10.2 Å². The summed E-state index contributed by atoms with van der Waals surface area (Å²) in [5.41, 5.74) is 5.72. The molecule has 3 nitrogen and oxygen atoms in total. The molecule has 0 saturated carbocycles. The van der Waals surface area contributed by atoms with Crippen LogP contribution in [0.25, 0.3) is 0 Å². The van der Waals surface area contributed by atoms with Crippen LogP contribution in [0.3, 0.4) is 0 Å². The van der Waals surface area contributed by atoms with Crippen molar-refractivity contribution in [2.75, 3.05) is 0 Å². The molecular formula is C8H15N3S. The van der Waals surface area contributed by atoms with Crippen LogP contribution < -0.4 is 5.73 Å². The molecule has 1 aromatic heterocycles. The highest BCUT2D eigenvalue weighted by Crippen LogP contribution is 2.22. The molecular weight excluding hydrogens is 170 g/mol. The first-order valence-electron chi connectivity index (χ1n) is 4.02. The minimum Gasteiger partial charge on any atom is -0.324 e. The average molecular weight is 185 g/mol. The van der Waals surface area contributed by atoms with Gasteiger partial charge in [0.15, 0.2) is 0 Å². The molecule has 68 valence electrons. The summed E-state index contributed by atoms with van der Waals surface area (Å²) in [4.78, 5) is 0. The Bertz CT molecular complexity index is 249. The summed E-state index contributed by atoms with van der Waals surface area (Å²) in [6.45, 7) is 7.07. The summed E-state index contributed by atoms with van der Waals surface area (Å²) >= 11 is 1.61. The van der Waals surface area contributed by atoms with Crippen molar-refractivity contribution in [1.82, 2.24) is 10.2 Å². The van der Waals surface area contributed by atoms with Gasteiger partial charge in [-0.05, 0) is 5.41 Å². The predicted octanol–water partition coefficient (Wildman–Crippen LogP) is 1.59. The summed E-state index contributed by atoms with van der Waals surface area (Å²) in [5.74, 6) is 0. The van der Waals surface area contributed by atoms with E-state index in [4.69, 9.17) is 5.73 Å². The average Bonchev–Trinajstić information content (AvgIpc) is 2.32. The number of rotatable bonds is 2. The quantitative estimate of drug-likeness (QED) is 0.761. The van der Waals surface area contributed by atoms with Crippen molar-refractivity contribution in [1.29, 1.82) is 0 Å². The molecule has 0 aromatic carbocycles. The molecule has 0 amide bonds. The second-order valence-corrected chi connectivity index (χ2v) is 5.18. The highest BCUT2D eigenvalue weighted by molar-refractivity contribution is 7.11. The molecule has 0 radical (unpaired) electrons. The number of aromatic nitrogens is 2. The van der Waals surface area contributed by atoms with E-state index in [0.717, 1.165) is 16.4 Å². The van der Waals surface area contributed by atoms with E-state index in [2.05, 4.69) is 31.0 Å². The van der Waals surface area contributed by atoms with Crippen LogP contribution in [0.2, 0.25) is 0 Å². The Morgan fingerprint density at radius 1 is 1.25 bits per heavy atom. The van der Waals surface area contributed by atoms with Gasteiger partial charge in [-0.1, -0.05) is 20.8 Å². The van der Waals surface area contributed by atoms with Gasteiger partial charge in [0.05, 0.1) is 0 Å². The van der Waals surface area contributed by atoms with Crippen LogP contribution >= 0.6 is 11.3 Å². The van der Waals surface area contributed by atoms with E-state index in [9.17, 15) is 0 Å². The monoisotopic (exact) mass is 185 g/mol. The summed E-state index contributed by atoms with van der Waals surface area (Å²) in [5, 5.41) is 10.0. The number of hydrogen-bond donors (Lipinski definition) is 1. The largest absolute Gasteiger partial charge is 0.324 e. The van der Waals surface area contributed by atoms with Gasteiger partial charge >= 0.3 is 0 Å². The van der Waals surface area contributed by atoms with E-state index in [1.54, 1.807) is 11.3 Å². The fraction of sp³-hybridized carbons (Fsp3) is 0.750. The Hall–Kier alpha value is -0.480. The van der Waals surface area contributed by atoms with E-state index in [1.807, 2.05) is 0 Å². The second kappa shape index (κ2) is 3.49. The van der Waals surface area contributed by atoms with Crippen molar-refractivity contribution in [3.8, 4) is 0 Å². The van der Waals surface area contributed by atoms with Crippen molar-refractivity contribution >= 4 is 11.3 Å². The fourth-order valence-electron chi connectivity index (χ4n) is 0.896. The topological polar surface area (TPSA) is 51.8 Å². The molecule has 1 rings (SSSR count). The third kappa shape index (κ3) is 2.87. The summed E-state index contributed by atoms with van der Waals surface area (Å²) in [6.07, 6.45) is 0.977. The Balaban J connectivity index is 2.64. The van der Waals surface area contributed by atoms with Crippen LogP contribution in [0.5, 0.6) is 0 Å². The van der Waals surface area contributed by atoms with Crippen molar-refractivity contribution in [3.63, 3.8) is 0 Å². The SMILES string of the molecule is CC(C)(C)Cc1nnc(CN)s1. The molecule has 0 spiro atoms. The van der Waals surface area contributed by atoms with E-state index in [1.165, 1.54) is 0 Å². The van der Waals surface area contributed by atoms with Gasteiger partial charge in [-0.2, -0.15) is 0 Å². The number of hydrogen-bond acceptors (Lipinski definition) is 4. The first-order chi connectivity index (χ1) is 5.51. The van der Waals surface area contributed by atoms with Gasteiger partial charge in [0, 0.05) is 13.0 Å². The molecule has 0 fully saturated rings. The van der Waals surface area contributed by atoms with Crippen molar-refractivity contribution in [3.05, 3.63) is 10.0 Å². The van der Waals surface area contributed by atoms with E-state index in [-0.39, 0.29) is 5.41 Å². The lowest BCUT2D eigenvalue weighted by Gasteiger charge is -2.14. The minimum atomic E-state index is 0.283. The second-order valence-electron chi connectivity index (χ2n) is 4.03. The lowest BCUT2D eigenvalue weighted by Crippen LogP contribution is -2.08. The Labute approximate surface area is 77.0 Å². The Kier molecular flexibility index (Phi) is 2.80. The maximum atomic E-state index is 5.43. The van der Waals surface area contributed by atoms with Crippen molar-refractivity contribution in [2.45, 2.75) is 33.7 Å². The van der Waals surface area contributed by atoms with Crippen LogP contribution in [0, 0.1) is 5.41 Å². The van der Waals surface area contributed by atoms with Gasteiger partial charge in [0.2, 0.25) is 0 Å². The summed E-state index contributed by atoms with van der Waals surface area (Å²) in [6, 6.07) is 0. The Morgan fingerprint density at radius 3 is 2.25 bits per heavy atom. The Morgan fingerprint density at radius 2 is 1.83 bits per heavy atom. The normalized spacial score (nSPS) is 12.0. The van der Waals surface area contributed by atoms with E-state index < -0.39 is 0 Å². The van der Waals surface area contributed by atoms with Crippen LogP contribution in [0.15, 0.2) is 0 Å². The highest BCUT2D eigenvalue weighted by Gasteiger charge is 2.14. The fourth-order valence-corrected chi connectivity index (χ4v) is 1.92. The molecule has 0 unspecified atom stereocenters. The third-order valence-corrected chi connectivity index (χ3v) is 2.31. The number of nitrogens with two attached hydrogens (primary N) is 1. The van der Waals surface area contributed by atoms with Gasteiger partial charge in [0.1, 0.15) is 10.0 Å². The first kappa shape index (κ1) is 9.61. The van der Waals surface area contributed by atoms with Gasteiger partial charge in [0.25, 0.3) is 0 Å². The molecule has 1 aromatic rings. The van der Waals surface area contributed by atoms with E-state index in [0.29, 0.717) is 6.54 Å². The summed E-state index contributed by atoms with van der Waals surface area (Å²) < 4.78 is 0. The molecule has 4 heteroatoms. The van der Waals surface area contributed by atoms with E-state index >= 15 is 0 Å². The first-order valence-corrected chi connectivity index (χ1v) is 4.84. The van der Waals surface area contributed by atoms with Crippen LogP contribution in [0.1, 0.15) is 30.8 Å². The zero-order valence-electron chi connectivity index (χ0n) is 7.79. The maximum Gasteiger partial charge on any atom is 0.131 e. The molecule has 0 aliphatic heterocycles. The van der Waals surface area contributed by atoms with Crippen LogP contribution in [0.4, 0.5) is 0 Å².